The summed E-state index contributed by atoms with van der Waals surface area (Å²) in [5, 5.41) is 2.72. The van der Waals surface area contributed by atoms with Gasteiger partial charge in [0.15, 0.2) is 12.4 Å². The van der Waals surface area contributed by atoms with Crippen LogP contribution in [0.15, 0.2) is 48.5 Å². The summed E-state index contributed by atoms with van der Waals surface area (Å²) in [6.45, 7) is 2.24. The van der Waals surface area contributed by atoms with Crippen molar-refractivity contribution >= 4 is 29.1 Å². The Morgan fingerprint density at radius 1 is 1.08 bits per heavy atom. The molecular formula is C21H20N2O3. The highest BCUT2D eigenvalue weighted by molar-refractivity contribution is 6.08. The van der Waals surface area contributed by atoms with E-state index in [4.69, 9.17) is 4.74 Å². The number of ketones is 1. The molecule has 1 amide bonds. The second-order valence-electron chi connectivity index (χ2n) is 6.53. The summed E-state index contributed by atoms with van der Waals surface area (Å²) in [5.41, 5.74) is 3.27. The Kier molecular flexibility index (Phi) is 4.44. The van der Waals surface area contributed by atoms with Crippen LogP contribution in [-0.4, -0.2) is 31.4 Å². The van der Waals surface area contributed by atoms with Crippen LogP contribution >= 0.6 is 0 Å². The molecule has 0 atom stereocenters. The number of rotatable bonds is 4. The van der Waals surface area contributed by atoms with Gasteiger partial charge in [0.25, 0.3) is 5.91 Å². The number of nitrogens with zero attached hydrogens (tertiary/aromatic N) is 1. The van der Waals surface area contributed by atoms with E-state index in [1.165, 1.54) is 18.5 Å². The fraction of sp³-hybridized carbons (Fsp3) is 0.238. The summed E-state index contributed by atoms with van der Waals surface area (Å²) in [5.74, 6) is 0.259. The number of fused-ring (bicyclic) bond motifs is 1. The van der Waals surface area contributed by atoms with Gasteiger partial charge in [0.2, 0.25) is 0 Å². The minimum absolute atomic E-state index is 0.00756. The molecule has 0 aromatic heterocycles. The fourth-order valence-electron chi connectivity index (χ4n) is 3.28. The average molecular weight is 348 g/mol. The van der Waals surface area contributed by atoms with Gasteiger partial charge in [0.1, 0.15) is 5.75 Å². The number of benzene rings is 2. The standard InChI is InChI=1S/C21H20N2O3/c24-19(16-6-10-20-18(13-16)22-21(25)14-26-20)9-5-15-3-7-17(8-4-15)23-11-1-2-12-23/h3-10,13H,1-2,11-12,14H2,(H,22,25). The van der Waals surface area contributed by atoms with Crippen molar-refractivity contribution in [2.24, 2.45) is 0 Å². The Labute approximate surface area is 152 Å². The van der Waals surface area contributed by atoms with Gasteiger partial charge < -0.3 is 15.0 Å². The first-order valence-electron chi connectivity index (χ1n) is 8.83. The topological polar surface area (TPSA) is 58.6 Å². The van der Waals surface area contributed by atoms with Crippen molar-refractivity contribution in [2.75, 3.05) is 29.9 Å². The lowest BCUT2D eigenvalue weighted by Crippen LogP contribution is -2.25. The molecule has 132 valence electrons. The van der Waals surface area contributed by atoms with E-state index in [9.17, 15) is 9.59 Å². The molecule has 0 radical (unpaired) electrons. The summed E-state index contributed by atoms with van der Waals surface area (Å²) in [4.78, 5) is 26.2. The minimum Gasteiger partial charge on any atom is -0.482 e. The Morgan fingerprint density at radius 2 is 1.85 bits per heavy atom. The predicted molar refractivity (Wildman–Crippen MR) is 102 cm³/mol. The number of anilines is 2. The molecule has 1 fully saturated rings. The first-order valence-corrected chi connectivity index (χ1v) is 8.83. The van der Waals surface area contributed by atoms with Gasteiger partial charge in [-0.2, -0.15) is 0 Å². The molecule has 1 N–H and O–H groups in total. The number of hydrogen-bond donors (Lipinski definition) is 1. The third-order valence-corrected chi connectivity index (χ3v) is 4.69. The van der Waals surface area contributed by atoms with Crippen LogP contribution < -0.4 is 15.0 Å². The van der Waals surface area contributed by atoms with Crippen molar-refractivity contribution in [3.8, 4) is 5.75 Å². The number of ether oxygens (including phenoxy) is 1. The molecule has 5 nitrogen and oxygen atoms in total. The highest BCUT2D eigenvalue weighted by Crippen LogP contribution is 2.28. The van der Waals surface area contributed by atoms with Gasteiger partial charge in [-0.25, -0.2) is 0 Å². The normalized spacial score (nSPS) is 16.3. The lowest BCUT2D eigenvalue weighted by Gasteiger charge is -2.18. The van der Waals surface area contributed by atoms with E-state index >= 15 is 0 Å². The SMILES string of the molecule is O=C1COc2ccc(C(=O)C=Cc3ccc(N4CCCC4)cc3)cc2N1. The molecule has 2 aromatic rings. The maximum Gasteiger partial charge on any atom is 0.262 e. The Bertz CT molecular complexity index is 865. The van der Waals surface area contributed by atoms with E-state index in [-0.39, 0.29) is 18.3 Å². The van der Waals surface area contributed by atoms with Gasteiger partial charge in [-0.3, -0.25) is 9.59 Å². The molecule has 2 aliphatic rings. The molecule has 4 rings (SSSR count). The van der Waals surface area contributed by atoms with Crippen molar-refractivity contribution in [1.82, 2.24) is 0 Å². The lowest BCUT2D eigenvalue weighted by atomic mass is 10.1. The van der Waals surface area contributed by atoms with Crippen LogP contribution in [-0.2, 0) is 4.79 Å². The molecule has 26 heavy (non-hydrogen) atoms. The smallest absolute Gasteiger partial charge is 0.262 e. The zero-order chi connectivity index (χ0) is 17.9. The van der Waals surface area contributed by atoms with Gasteiger partial charge in [0.05, 0.1) is 5.69 Å². The molecule has 0 spiro atoms. The largest absolute Gasteiger partial charge is 0.482 e. The van der Waals surface area contributed by atoms with Crippen LogP contribution in [0.1, 0.15) is 28.8 Å². The summed E-state index contributed by atoms with van der Waals surface area (Å²) in [7, 11) is 0. The minimum atomic E-state index is -0.212. The van der Waals surface area contributed by atoms with Crippen LogP contribution in [0.3, 0.4) is 0 Å². The number of carbonyl (C=O) groups excluding carboxylic acids is 2. The lowest BCUT2D eigenvalue weighted by molar-refractivity contribution is -0.118. The van der Waals surface area contributed by atoms with E-state index in [0.29, 0.717) is 17.0 Å². The number of amides is 1. The molecule has 2 aliphatic heterocycles. The quantitative estimate of drug-likeness (QED) is 0.678. The molecule has 0 unspecified atom stereocenters. The molecule has 0 aliphatic carbocycles. The molecule has 0 saturated carbocycles. The van der Waals surface area contributed by atoms with Gasteiger partial charge in [-0.15, -0.1) is 0 Å². The van der Waals surface area contributed by atoms with E-state index in [1.807, 2.05) is 18.2 Å². The summed E-state index contributed by atoms with van der Waals surface area (Å²) in [6.07, 6.45) is 5.87. The summed E-state index contributed by atoms with van der Waals surface area (Å²) in [6, 6.07) is 13.3. The summed E-state index contributed by atoms with van der Waals surface area (Å²) >= 11 is 0. The van der Waals surface area contributed by atoms with Crippen molar-refractivity contribution in [3.05, 3.63) is 59.7 Å². The molecule has 5 heteroatoms. The van der Waals surface area contributed by atoms with Gasteiger partial charge in [-0.05, 0) is 54.8 Å². The number of allylic oxidation sites excluding steroid dienone is 1. The predicted octanol–water partition coefficient (Wildman–Crippen LogP) is 3.51. The Hall–Kier alpha value is -3.08. The van der Waals surface area contributed by atoms with Crippen molar-refractivity contribution < 1.29 is 14.3 Å². The summed E-state index contributed by atoms with van der Waals surface area (Å²) < 4.78 is 5.31. The Balaban J connectivity index is 1.45. The average Bonchev–Trinajstić information content (AvgIpc) is 3.20. The van der Waals surface area contributed by atoms with Crippen LogP contribution in [0, 0.1) is 0 Å². The van der Waals surface area contributed by atoms with E-state index in [0.717, 1.165) is 18.7 Å². The highest BCUT2D eigenvalue weighted by Gasteiger charge is 2.17. The first-order chi connectivity index (χ1) is 12.7. The van der Waals surface area contributed by atoms with Crippen LogP contribution in [0.5, 0.6) is 5.75 Å². The zero-order valence-electron chi connectivity index (χ0n) is 14.4. The van der Waals surface area contributed by atoms with E-state index in [2.05, 4.69) is 22.3 Å². The van der Waals surface area contributed by atoms with Gasteiger partial charge in [0, 0.05) is 24.3 Å². The molecule has 2 heterocycles. The fourth-order valence-corrected chi connectivity index (χ4v) is 3.28. The monoisotopic (exact) mass is 348 g/mol. The maximum atomic E-state index is 12.4. The molecular weight excluding hydrogens is 328 g/mol. The van der Waals surface area contributed by atoms with Crippen LogP contribution in [0.25, 0.3) is 6.08 Å². The third kappa shape index (κ3) is 3.47. The molecule has 1 saturated heterocycles. The second-order valence-corrected chi connectivity index (χ2v) is 6.53. The number of hydrogen-bond acceptors (Lipinski definition) is 4. The zero-order valence-corrected chi connectivity index (χ0v) is 14.4. The first kappa shape index (κ1) is 16.4. The highest BCUT2D eigenvalue weighted by atomic mass is 16.5. The van der Waals surface area contributed by atoms with Gasteiger partial charge >= 0.3 is 0 Å². The second kappa shape index (κ2) is 7.04. The van der Waals surface area contributed by atoms with Crippen LogP contribution in [0.2, 0.25) is 0 Å². The van der Waals surface area contributed by atoms with E-state index in [1.54, 1.807) is 24.3 Å². The van der Waals surface area contributed by atoms with Crippen molar-refractivity contribution in [2.45, 2.75) is 12.8 Å². The number of carbonyl (C=O) groups is 2. The molecule has 2 aromatic carbocycles. The molecule has 0 bridgehead atoms. The van der Waals surface area contributed by atoms with Crippen molar-refractivity contribution in [1.29, 1.82) is 0 Å². The maximum absolute atomic E-state index is 12.4. The Morgan fingerprint density at radius 3 is 2.62 bits per heavy atom. The number of nitrogens with one attached hydrogen (secondary N) is 1. The van der Waals surface area contributed by atoms with Crippen molar-refractivity contribution in [3.63, 3.8) is 0 Å². The van der Waals surface area contributed by atoms with E-state index < -0.39 is 0 Å². The van der Waals surface area contributed by atoms with Crippen LogP contribution in [0.4, 0.5) is 11.4 Å². The van der Waals surface area contributed by atoms with Gasteiger partial charge in [-0.1, -0.05) is 18.2 Å². The third-order valence-electron chi connectivity index (χ3n) is 4.69.